The van der Waals surface area contributed by atoms with Crippen molar-refractivity contribution in [2.45, 2.75) is 37.2 Å². The summed E-state index contributed by atoms with van der Waals surface area (Å²) in [5, 5.41) is 9.50. The van der Waals surface area contributed by atoms with Gasteiger partial charge in [-0.05, 0) is 18.6 Å². The van der Waals surface area contributed by atoms with Crippen LogP contribution in [0.4, 0.5) is 0 Å². The molecule has 0 saturated carbocycles. The fraction of sp³-hybridized carbons (Fsp3) is 0.500. The normalized spacial score (nSPS) is 13.5. The van der Waals surface area contributed by atoms with Gasteiger partial charge in [-0.25, -0.2) is 0 Å². The standard InChI is InChI=1S/C12H18O4S/c1-2-3-7-11(13)10-16-17(14,15)12-8-5-4-6-9-12/h4-6,8-9,11,13H,2-3,7,10H2,1H3. The topological polar surface area (TPSA) is 63.6 Å². The Labute approximate surface area is 102 Å². The van der Waals surface area contributed by atoms with Crippen molar-refractivity contribution in [3.05, 3.63) is 30.3 Å². The number of hydrogen-bond acceptors (Lipinski definition) is 4. The lowest BCUT2D eigenvalue weighted by molar-refractivity contribution is 0.101. The molecule has 0 spiro atoms. The second-order valence-electron chi connectivity index (χ2n) is 3.85. The van der Waals surface area contributed by atoms with Crippen LogP contribution in [0.2, 0.25) is 0 Å². The zero-order valence-electron chi connectivity index (χ0n) is 9.87. The quantitative estimate of drug-likeness (QED) is 0.759. The molecule has 0 saturated heterocycles. The zero-order valence-corrected chi connectivity index (χ0v) is 10.7. The minimum atomic E-state index is -3.74. The molecule has 0 bridgehead atoms. The molecule has 0 aliphatic rings. The minimum Gasteiger partial charge on any atom is -0.391 e. The first-order valence-electron chi connectivity index (χ1n) is 5.69. The summed E-state index contributed by atoms with van der Waals surface area (Å²) < 4.78 is 28.2. The smallest absolute Gasteiger partial charge is 0.297 e. The van der Waals surface area contributed by atoms with Crippen molar-refractivity contribution >= 4 is 10.1 Å². The molecular weight excluding hydrogens is 240 g/mol. The maximum Gasteiger partial charge on any atom is 0.297 e. The molecule has 1 rings (SSSR count). The Balaban J connectivity index is 2.51. The van der Waals surface area contributed by atoms with E-state index in [4.69, 9.17) is 4.18 Å². The van der Waals surface area contributed by atoms with Gasteiger partial charge in [-0.2, -0.15) is 8.42 Å². The molecule has 4 nitrogen and oxygen atoms in total. The highest BCUT2D eigenvalue weighted by Crippen LogP contribution is 2.12. The summed E-state index contributed by atoms with van der Waals surface area (Å²) in [5.74, 6) is 0. The van der Waals surface area contributed by atoms with Crippen molar-refractivity contribution in [1.29, 1.82) is 0 Å². The SMILES string of the molecule is CCCCC(O)COS(=O)(=O)c1ccccc1. The average molecular weight is 258 g/mol. The monoisotopic (exact) mass is 258 g/mol. The molecule has 1 aromatic rings. The van der Waals surface area contributed by atoms with E-state index >= 15 is 0 Å². The first kappa shape index (κ1) is 14.2. The first-order valence-corrected chi connectivity index (χ1v) is 7.09. The number of aliphatic hydroxyl groups is 1. The van der Waals surface area contributed by atoms with Gasteiger partial charge in [0.25, 0.3) is 10.1 Å². The molecule has 5 heteroatoms. The van der Waals surface area contributed by atoms with Crippen molar-refractivity contribution in [1.82, 2.24) is 0 Å². The van der Waals surface area contributed by atoms with E-state index in [1.807, 2.05) is 6.92 Å². The molecule has 1 N–H and O–H groups in total. The molecule has 17 heavy (non-hydrogen) atoms. The Morgan fingerprint density at radius 1 is 1.29 bits per heavy atom. The van der Waals surface area contributed by atoms with Gasteiger partial charge in [0.2, 0.25) is 0 Å². The largest absolute Gasteiger partial charge is 0.391 e. The summed E-state index contributed by atoms with van der Waals surface area (Å²) in [7, 11) is -3.74. The molecule has 0 aliphatic heterocycles. The fourth-order valence-corrected chi connectivity index (χ4v) is 2.31. The molecule has 0 radical (unpaired) electrons. The Morgan fingerprint density at radius 2 is 1.94 bits per heavy atom. The number of unbranched alkanes of at least 4 members (excludes halogenated alkanes) is 1. The number of hydrogen-bond donors (Lipinski definition) is 1. The van der Waals surface area contributed by atoms with Gasteiger partial charge in [0.05, 0.1) is 17.6 Å². The number of aliphatic hydroxyl groups excluding tert-OH is 1. The van der Waals surface area contributed by atoms with E-state index in [2.05, 4.69) is 0 Å². The Morgan fingerprint density at radius 3 is 2.53 bits per heavy atom. The second kappa shape index (κ2) is 6.74. The molecule has 0 aromatic heterocycles. The Kier molecular flexibility index (Phi) is 5.61. The number of benzene rings is 1. The molecule has 1 atom stereocenters. The third-order valence-electron chi connectivity index (χ3n) is 2.34. The average Bonchev–Trinajstić information content (AvgIpc) is 2.35. The zero-order chi connectivity index (χ0) is 12.7. The van der Waals surface area contributed by atoms with Gasteiger partial charge in [-0.3, -0.25) is 4.18 Å². The van der Waals surface area contributed by atoms with Crippen LogP contribution in [0.1, 0.15) is 26.2 Å². The van der Waals surface area contributed by atoms with Crippen molar-refractivity contribution in [3.8, 4) is 0 Å². The van der Waals surface area contributed by atoms with E-state index in [0.717, 1.165) is 12.8 Å². The molecule has 96 valence electrons. The Hall–Kier alpha value is -0.910. The van der Waals surface area contributed by atoms with Crippen LogP contribution in [0.5, 0.6) is 0 Å². The van der Waals surface area contributed by atoms with Gasteiger partial charge >= 0.3 is 0 Å². The predicted octanol–water partition coefficient (Wildman–Crippen LogP) is 1.94. The van der Waals surface area contributed by atoms with Crippen LogP contribution in [0, 0.1) is 0 Å². The lowest BCUT2D eigenvalue weighted by Crippen LogP contribution is -2.18. The minimum absolute atomic E-state index is 0.114. The molecule has 1 aromatic carbocycles. The molecule has 0 aliphatic carbocycles. The fourth-order valence-electron chi connectivity index (χ4n) is 1.35. The van der Waals surface area contributed by atoms with Crippen molar-refractivity contribution < 1.29 is 17.7 Å². The first-order chi connectivity index (χ1) is 8.06. The third kappa shape index (κ3) is 4.85. The van der Waals surface area contributed by atoms with E-state index in [1.165, 1.54) is 12.1 Å². The lowest BCUT2D eigenvalue weighted by Gasteiger charge is -2.10. The van der Waals surface area contributed by atoms with E-state index in [0.29, 0.717) is 6.42 Å². The van der Waals surface area contributed by atoms with Gasteiger partial charge in [-0.1, -0.05) is 38.0 Å². The van der Waals surface area contributed by atoms with Gasteiger partial charge in [0.1, 0.15) is 0 Å². The molecule has 1 unspecified atom stereocenters. The van der Waals surface area contributed by atoms with Crippen LogP contribution in [0.3, 0.4) is 0 Å². The van der Waals surface area contributed by atoms with Crippen molar-refractivity contribution in [2.24, 2.45) is 0 Å². The van der Waals surface area contributed by atoms with Gasteiger partial charge in [0.15, 0.2) is 0 Å². The summed E-state index contributed by atoms with van der Waals surface area (Å²) in [6.45, 7) is 1.82. The maximum absolute atomic E-state index is 11.7. The molecule has 0 heterocycles. The van der Waals surface area contributed by atoms with Crippen LogP contribution in [-0.2, 0) is 14.3 Å². The third-order valence-corrected chi connectivity index (χ3v) is 3.63. The van der Waals surface area contributed by atoms with Crippen LogP contribution in [-0.4, -0.2) is 26.2 Å². The van der Waals surface area contributed by atoms with E-state index < -0.39 is 16.2 Å². The maximum atomic E-state index is 11.7. The molecular formula is C12H18O4S. The molecule has 0 fully saturated rings. The Bertz CT molecular complexity index is 413. The lowest BCUT2D eigenvalue weighted by atomic mass is 10.2. The number of rotatable bonds is 7. The van der Waals surface area contributed by atoms with Gasteiger partial charge in [-0.15, -0.1) is 0 Å². The van der Waals surface area contributed by atoms with Gasteiger partial charge in [0, 0.05) is 0 Å². The van der Waals surface area contributed by atoms with Crippen LogP contribution < -0.4 is 0 Å². The summed E-state index contributed by atoms with van der Waals surface area (Å²) in [6.07, 6.45) is 1.65. The van der Waals surface area contributed by atoms with Crippen LogP contribution >= 0.6 is 0 Å². The van der Waals surface area contributed by atoms with E-state index in [-0.39, 0.29) is 11.5 Å². The van der Waals surface area contributed by atoms with Crippen LogP contribution in [0.15, 0.2) is 35.2 Å². The van der Waals surface area contributed by atoms with E-state index in [9.17, 15) is 13.5 Å². The predicted molar refractivity (Wildman–Crippen MR) is 65.1 cm³/mol. The van der Waals surface area contributed by atoms with Crippen LogP contribution in [0.25, 0.3) is 0 Å². The molecule has 0 amide bonds. The summed E-state index contributed by atoms with van der Waals surface area (Å²) in [5.41, 5.74) is 0. The second-order valence-corrected chi connectivity index (χ2v) is 5.46. The summed E-state index contributed by atoms with van der Waals surface area (Å²) >= 11 is 0. The highest BCUT2D eigenvalue weighted by atomic mass is 32.2. The van der Waals surface area contributed by atoms with Crippen molar-refractivity contribution in [2.75, 3.05) is 6.61 Å². The summed E-state index contributed by atoms with van der Waals surface area (Å²) in [4.78, 5) is 0.114. The van der Waals surface area contributed by atoms with E-state index in [1.54, 1.807) is 18.2 Å². The van der Waals surface area contributed by atoms with Gasteiger partial charge < -0.3 is 5.11 Å². The van der Waals surface area contributed by atoms with Crippen molar-refractivity contribution in [3.63, 3.8) is 0 Å². The highest BCUT2D eigenvalue weighted by molar-refractivity contribution is 7.86. The highest BCUT2D eigenvalue weighted by Gasteiger charge is 2.16. The summed E-state index contributed by atoms with van der Waals surface area (Å²) in [6, 6.07) is 7.92.